The van der Waals surface area contributed by atoms with Crippen molar-refractivity contribution in [1.29, 1.82) is 0 Å². The predicted octanol–water partition coefficient (Wildman–Crippen LogP) is 3.69. The van der Waals surface area contributed by atoms with Gasteiger partial charge in [-0.2, -0.15) is 0 Å². The molecule has 0 aliphatic heterocycles. The van der Waals surface area contributed by atoms with Crippen molar-refractivity contribution in [3.05, 3.63) is 77.4 Å². The van der Waals surface area contributed by atoms with Crippen molar-refractivity contribution < 1.29 is 32.2 Å². The Balaban J connectivity index is 2.09. The number of benzene rings is 3. The van der Waals surface area contributed by atoms with Crippen LogP contribution in [0.25, 0.3) is 0 Å². The summed E-state index contributed by atoms with van der Waals surface area (Å²) in [6, 6.07) is 15.8. The maximum atomic E-state index is 14.1. The number of sulfonamides is 1. The third-order valence-electron chi connectivity index (χ3n) is 6.64. The maximum absolute atomic E-state index is 14.1. The standard InChI is InChI=1S/C30H37N3O7S/c1-20-14-21(2)16-24(15-20)33(41(36,37)26-12-13-27(39-6)28(17-26)40-7)19-29(34)32(22(3)30(35)31-4)18-23-8-10-25(38-5)11-9-23/h8-17,22H,18-19H2,1-7H3,(H,31,35). The van der Waals surface area contributed by atoms with Gasteiger partial charge in [0.1, 0.15) is 18.3 Å². The first-order chi connectivity index (χ1) is 19.4. The van der Waals surface area contributed by atoms with Gasteiger partial charge < -0.3 is 24.4 Å². The van der Waals surface area contributed by atoms with E-state index >= 15 is 0 Å². The van der Waals surface area contributed by atoms with Crippen molar-refractivity contribution >= 4 is 27.5 Å². The molecule has 11 heteroatoms. The van der Waals surface area contributed by atoms with Crippen molar-refractivity contribution in [1.82, 2.24) is 10.2 Å². The summed E-state index contributed by atoms with van der Waals surface area (Å²) in [7, 11) is 1.63. The summed E-state index contributed by atoms with van der Waals surface area (Å²) in [5, 5.41) is 2.57. The van der Waals surface area contributed by atoms with Crippen LogP contribution >= 0.6 is 0 Å². The van der Waals surface area contributed by atoms with E-state index in [9.17, 15) is 18.0 Å². The number of carbonyl (C=O) groups is 2. The second kappa shape index (κ2) is 13.4. The number of likely N-dealkylation sites (N-methyl/N-ethyl adjacent to an activating group) is 1. The fourth-order valence-corrected chi connectivity index (χ4v) is 5.86. The first-order valence-corrected chi connectivity index (χ1v) is 14.4. The van der Waals surface area contributed by atoms with E-state index in [-0.39, 0.29) is 23.1 Å². The molecule has 0 saturated heterocycles. The van der Waals surface area contributed by atoms with Crippen LogP contribution in [0.2, 0.25) is 0 Å². The molecule has 0 aromatic heterocycles. The van der Waals surface area contributed by atoms with E-state index in [1.165, 1.54) is 44.4 Å². The lowest BCUT2D eigenvalue weighted by atomic mass is 10.1. The molecule has 3 aromatic carbocycles. The Morgan fingerprint density at radius 1 is 0.854 bits per heavy atom. The topological polar surface area (TPSA) is 114 Å². The zero-order valence-corrected chi connectivity index (χ0v) is 25.2. The zero-order chi connectivity index (χ0) is 30.3. The number of hydrogen-bond acceptors (Lipinski definition) is 7. The van der Waals surface area contributed by atoms with Gasteiger partial charge in [-0.3, -0.25) is 13.9 Å². The number of anilines is 1. The van der Waals surface area contributed by atoms with E-state index in [1.54, 1.807) is 50.4 Å². The fraction of sp³-hybridized carbons (Fsp3) is 0.333. The minimum Gasteiger partial charge on any atom is -0.497 e. The second-order valence-electron chi connectivity index (χ2n) is 9.53. The highest BCUT2D eigenvalue weighted by atomic mass is 32.2. The van der Waals surface area contributed by atoms with Crippen molar-refractivity contribution in [2.75, 3.05) is 39.2 Å². The third-order valence-corrected chi connectivity index (χ3v) is 8.41. The number of carbonyl (C=O) groups excluding carboxylic acids is 2. The van der Waals surface area contributed by atoms with Crippen LogP contribution in [0.5, 0.6) is 17.2 Å². The smallest absolute Gasteiger partial charge is 0.264 e. The minimum atomic E-state index is -4.27. The van der Waals surface area contributed by atoms with Crippen molar-refractivity contribution in [2.24, 2.45) is 0 Å². The van der Waals surface area contributed by atoms with Crippen LogP contribution in [0.3, 0.4) is 0 Å². The number of hydrogen-bond donors (Lipinski definition) is 1. The molecule has 3 aromatic rings. The van der Waals surface area contributed by atoms with Gasteiger partial charge in [0.15, 0.2) is 11.5 Å². The molecule has 0 saturated carbocycles. The van der Waals surface area contributed by atoms with Crippen LogP contribution in [-0.2, 0) is 26.2 Å². The molecule has 0 radical (unpaired) electrons. The molecular formula is C30H37N3O7S. The first kappa shape index (κ1) is 31.3. The van der Waals surface area contributed by atoms with Gasteiger partial charge in [0.2, 0.25) is 11.8 Å². The van der Waals surface area contributed by atoms with Gasteiger partial charge in [0.05, 0.1) is 31.9 Å². The Morgan fingerprint density at radius 3 is 2.00 bits per heavy atom. The molecule has 0 aliphatic rings. The molecule has 220 valence electrons. The molecule has 0 bridgehead atoms. The van der Waals surface area contributed by atoms with Crippen LogP contribution in [-0.4, -0.2) is 66.1 Å². The van der Waals surface area contributed by atoms with Crippen LogP contribution in [0.1, 0.15) is 23.6 Å². The van der Waals surface area contributed by atoms with E-state index in [4.69, 9.17) is 14.2 Å². The molecule has 3 rings (SSSR count). The number of nitrogens with one attached hydrogen (secondary N) is 1. The lowest BCUT2D eigenvalue weighted by Crippen LogP contribution is -2.50. The molecule has 0 aliphatic carbocycles. The van der Waals surface area contributed by atoms with Crippen LogP contribution in [0.15, 0.2) is 65.6 Å². The molecule has 1 N–H and O–H groups in total. The average molecular weight is 584 g/mol. The molecular weight excluding hydrogens is 546 g/mol. The number of rotatable bonds is 12. The normalized spacial score (nSPS) is 11.8. The lowest BCUT2D eigenvalue weighted by Gasteiger charge is -2.32. The summed E-state index contributed by atoms with van der Waals surface area (Å²) in [6.07, 6.45) is 0. The summed E-state index contributed by atoms with van der Waals surface area (Å²) in [5.41, 5.74) is 2.72. The number of amides is 2. The van der Waals surface area contributed by atoms with Crippen molar-refractivity contribution in [3.63, 3.8) is 0 Å². The molecule has 0 fully saturated rings. The van der Waals surface area contributed by atoms with Gasteiger partial charge in [-0.1, -0.05) is 18.2 Å². The van der Waals surface area contributed by atoms with E-state index in [2.05, 4.69) is 5.32 Å². The van der Waals surface area contributed by atoms with Gasteiger partial charge in [-0.25, -0.2) is 8.42 Å². The summed E-state index contributed by atoms with van der Waals surface area (Å²) in [5.74, 6) is 0.306. The van der Waals surface area contributed by atoms with Gasteiger partial charge in [-0.05, 0) is 73.9 Å². The Bertz CT molecular complexity index is 1470. The van der Waals surface area contributed by atoms with E-state index in [1.807, 2.05) is 19.9 Å². The number of aryl methyl sites for hydroxylation is 2. The zero-order valence-electron chi connectivity index (χ0n) is 24.4. The minimum absolute atomic E-state index is 0.0779. The number of ether oxygens (including phenoxy) is 3. The highest BCUT2D eigenvalue weighted by Gasteiger charge is 2.33. The van der Waals surface area contributed by atoms with Crippen molar-refractivity contribution in [2.45, 2.75) is 38.3 Å². The lowest BCUT2D eigenvalue weighted by molar-refractivity contribution is -0.139. The predicted molar refractivity (Wildman–Crippen MR) is 157 cm³/mol. The van der Waals surface area contributed by atoms with E-state index < -0.39 is 28.5 Å². The van der Waals surface area contributed by atoms with Crippen LogP contribution in [0, 0.1) is 13.8 Å². The SMILES string of the molecule is CNC(=O)C(C)N(Cc1ccc(OC)cc1)C(=O)CN(c1cc(C)cc(C)c1)S(=O)(=O)c1ccc(OC)c(OC)c1. The highest BCUT2D eigenvalue weighted by molar-refractivity contribution is 7.92. The van der Waals surface area contributed by atoms with Crippen LogP contribution in [0.4, 0.5) is 5.69 Å². The molecule has 41 heavy (non-hydrogen) atoms. The van der Waals surface area contributed by atoms with Gasteiger partial charge >= 0.3 is 0 Å². The molecule has 10 nitrogen and oxygen atoms in total. The molecule has 0 heterocycles. The molecule has 0 spiro atoms. The highest BCUT2D eigenvalue weighted by Crippen LogP contribution is 2.33. The summed E-state index contributed by atoms with van der Waals surface area (Å²) in [4.78, 5) is 27.9. The molecule has 2 amide bonds. The van der Waals surface area contributed by atoms with E-state index in [0.29, 0.717) is 17.2 Å². The Hall–Kier alpha value is -4.25. The third kappa shape index (κ3) is 7.29. The van der Waals surface area contributed by atoms with Gasteiger partial charge in [-0.15, -0.1) is 0 Å². The largest absolute Gasteiger partial charge is 0.497 e. The average Bonchev–Trinajstić information content (AvgIpc) is 2.96. The Labute approximate surface area is 241 Å². The van der Waals surface area contributed by atoms with Crippen LogP contribution < -0.4 is 23.8 Å². The first-order valence-electron chi connectivity index (χ1n) is 12.9. The summed E-state index contributed by atoms with van der Waals surface area (Å²) < 4.78 is 45.2. The Morgan fingerprint density at radius 2 is 1.46 bits per heavy atom. The number of nitrogens with zero attached hydrogens (tertiary/aromatic N) is 2. The van der Waals surface area contributed by atoms with Gasteiger partial charge in [0, 0.05) is 19.7 Å². The second-order valence-corrected chi connectivity index (χ2v) is 11.4. The van der Waals surface area contributed by atoms with Gasteiger partial charge in [0.25, 0.3) is 10.0 Å². The molecule has 1 atom stereocenters. The number of methoxy groups -OCH3 is 3. The molecule has 1 unspecified atom stereocenters. The summed E-state index contributed by atoms with van der Waals surface area (Å²) >= 11 is 0. The monoisotopic (exact) mass is 583 g/mol. The fourth-order valence-electron chi connectivity index (χ4n) is 4.45. The Kier molecular flexibility index (Phi) is 10.2. The van der Waals surface area contributed by atoms with E-state index in [0.717, 1.165) is 21.0 Å². The quantitative estimate of drug-likeness (QED) is 0.346. The summed E-state index contributed by atoms with van der Waals surface area (Å²) in [6.45, 7) is 4.84. The maximum Gasteiger partial charge on any atom is 0.264 e. The van der Waals surface area contributed by atoms with Crippen molar-refractivity contribution in [3.8, 4) is 17.2 Å².